The second-order valence-electron chi connectivity index (χ2n) is 14.0. The molecule has 0 spiro atoms. The minimum Gasteiger partial charge on any atom is -0.456 e. The van der Waals surface area contributed by atoms with Crippen LogP contribution in [0.4, 0.5) is 0 Å². The first-order chi connectivity index (χ1) is 25.8. The molecule has 2 heterocycles. The Hall–Kier alpha value is -6.48. The lowest BCUT2D eigenvalue weighted by Crippen LogP contribution is -1.86. The molecule has 240 valence electrons. The van der Waals surface area contributed by atoms with Gasteiger partial charge in [-0.05, 0) is 125 Å². The summed E-state index contributed by atoms with van der Waals surface area (Å²) in [5.74, 6) is 0. The highest BCUT2D eigenvalue weighted by molar-refractivity contribution is 7.26. The van der Waals surface area contributed by atoms with Crippen molar-refractivity contribution in [2.75, 3.05) is 0 Å². The molecule has 12 aromatic rings. The van der Waals surface area contributed by atoms with Crippen molar-refractivity contribution in [1.29, 1.82) is 0 Å². The fourth-order valence-corrected chi connectivity index (χ4v) is 9.99. The zero-order chi connectivity index (χ0) is 33.9. The van der Waals surface area contributed by atoms with Gasteiger partial charge in [0.15, 0.2) is 0 Å². The molecule has 0 fully saturated rings. The molecule has 0 unspecified atom stereocenters. The number of fused-ring (bicyclic) bond motifs is 15. The summed E-state index contributed by atoms with van der Waals surface area (Å²) in [6, 6.07) is 62.5. The summed E-state index contributed by atoms with van der Waals surface area (Å²) in [5.41, 5.74) is 6.66. The van der Waals surface area contributed by atoms with Gasteiger partial charge in [0.25, 0.3) is 0 Å². The lowest BCUT2D eigenvalue weighted by molar-refractivity contribution is 0.669. The molecule has 0 amide bonds. The van der Waals surface area contributed by atoms with Gasteiger partial charge >= 0.3 is 0 Å². The summed E-state index contributed by atoms with van der Waals surface area (Å²) >= 11 is 1.88. The lowest BCUT2D eigenvalue weighted by atomic mass is 9.90. The second-order valence-corrected chi connectivity index (χ2v) is 15.1. The molecule has 52 heavy (non-hydrogen) atoms. The standard InChI is InChI=1S/C50H28OS/c1-3-11-34-31(9-1)25-32-10-2-4-12-35(32)48(34)33-19-23-45-43(28-33)42-27-30(18-22-44(42)51-45)29-17-20-37-39-21-24-47-50(40-15-7-8-16-46(40)52-47)49(39)38-14-6-5-13-36(38)41(37)26-29/h1-28H. The van der Waals surface area contributed by atoms with Gasteiger partial charge in [-0.15, -0.1) is 11.3 Å². The third-order valence-electron chi connectivity index (χ3n) is 11.2. The lowest BCUT2D eigenvalue weighted by Gasteiger charge is -2.13. The molecule has 12 rings (SSSR count). The molecule has 0 bridgehead atoms. The first-order valence-corrected chi connectivity index (χ1v) is 18.6. The van der Waals surface area contributed by atoms with Crippen molar-refractivity contribution >= 4 is 107 Å². The van der Waals surface area contributed by atoms with E-state index in [0.29, 0.717) is 0 Å². The van der Waals surface area contributed by atoms with Crippen molar-refractivity contribution in [2.24, 2.45) is 0 Å². The van der Waals surface area contributed by atoms with E-state index < -0.39 is 0 Å². The first-order valence-electron chi connectivity index (χ1n) is 17.8. The monoisotopic (exact) mass is 676 g/mol. The van der Waals surface area contributed by atoms with Gasteiger partial charge in [0.2, 0.25) is 0 Å². The molecule has 0 saturated heterocycles. The fraction of sp³-hybridized carbons (Fsp3) is 0. The van der Waals surface area contributed by atoms with Crippen LogP contribution < -0.4 is 0 Å². The van der Waals surface area contributed by atoms with E-state index in [2.05, 4.69) is 170 Å². The molecule has 2 aromatic heterocycles. The van der Waals surface area contributed by atoms with Gasteiger partial charge in [0, 0.05) is 30.9 Å². The number of furan rings is 1. The van der Waals surface area contributed by atoms with Gasteiger partial charge in [-0.25, -0.2) is 0 Å². The van der Waals surface area contributed by atoms with Crippen LogP contribution in [0.15, 0.2) is 174 Å². The Morgan fingerprint density at radius 2 is 0.827 bits per heavy atom. The van der Waals surface area contributed by atoms with E-state index in [1.807, 2.05) is 11.3 Å². The molecule has 10 aromatic carbocycles. The Kier molecular flexibility index (Phi) is 5.71. The highest BCUT2D eigenvalue weighted by Gasteiger charge is 2.17. The number of hydrogen-bond donors (Lipinski definition) is 0. The van der Waals surface area contributed by atoms with Gasteiger partial charge in [-0.1, -0.05) is 121 Å². The Morgan fingerprint density at radius 3 is 1.58 bits per heavy atom. The summed E-state index contributed by atoms with van der Waals surface area (Å²) in [6.45, 7) is 0. The summed E-state index contributed by atoms with van der Waals surface area (Å²) in [7, 11) is 0. The molecule has 0 aliphatic heterocycles. The Morgan fingerprint density at radius 1 is 0.308 bits per heavy atom. The average molecular weight is 677 g/mol. The fourth-order valence-electron chi connectivity index (χ4n) is 8.88. The van der Waals surface area contributed by atoms with E-state index in [-0.39, 0.29) is 0 Å². The maximum atomic E-state index is 6.45. The third kappa shape index (κ3) is 3.93. The summed E-state index contributed by atoms with van der Waals surface area (Å²) in [5, 5.41) is 17.8. The predicted octanol–water partition coefficient (Wildman–Crippen LogP) is 15.1. The number of hydrogen-bond acceptors (Lipinski definition) is 2. The van der Waals surface area contributed by atoms with E-state index in [4.69, 9.17) is 4.42 Å². The SMILES string of the molecule is c1ccc2c(-c3ccc4oc5ccc(-c6ccc7c(c6)c6ccccc6c6c7ccc7sc8ccccc8c76)cc5c4c3)c3ccccc3cc2c1. The minimum atomic E-state index is 0.905. The zero-order valence-corrected chi connectivity index (χ0v) is 28.8. The van der Waals surface area contributed by atoms with Crippen LogP contribution in [0, 0.1) is 0 Å². The average Bonchev–Trinajstić information content (AvgIpc) is 3.77. The van der Waals surface area contributed by atoms with Crippen LogP contribution in [-0.2, 0) is 0 Å². The number of benzene rings is 10. The van der Waals surface area contributed by atoms with Gasteiger partial charge in [-0.2, -0.15) is 0 Å². The van der Waals surface area contributed by atoms with Gasteiger partial charge in [0.1, 0.15) is 11.2 Å². The summed E-state index contributed by atoms with van der Waals surface area (Å²) < 4.78 is 9.12. The molecule has 0 aliphatic rings. The Balaban J connectivity index is 1.07. The van der Waals surface area contributed by atoms with Crippen molar-refractivity contribution in [2.45, 2.75) is 0 Å². The quantitative estimate of drug-likeness (QED) is 0.131. The molecule has 0 radical (unpaired) electrons. The summed E-state index contributed by atoms with van der Waals surface area (Å²) in [4.78, 5) is 0. The number of rotatable bonds is 2. The molecule has 0 atom stereocenters. The number of thiophene rings is 1. The topological polar surface area (TPSA) is 13.1 Å². The van der Waals surface area contributed by atoms with Crippen molar-refractivity contribution in [3.63, 3.8) is 0 Å². The largest absolute Gasteiger partial charge is 0.456 e. The van der Waals surface area contributed by atoms with Crippen LogP contribution >= 0.6 is 11.3 Å². The molecule has 0 N–H and O–H groups in total. The van der Waals surface area contributed by atoms with Crippen LogP contribution in [0.3, 0.4) is 0 Å². The van der Waals surface area contributed by atoms with Crippen molar-refractivity contribution in [1.82, 2.24) is 0 Å². The molecule has 1 nitrogen and oxygen atoms in total. The maximum absolute atomic E-state index is 6.45. The molecule has 0 aliphatic carbocycles. The van der Waals surface area contributed by atoms with Gasteiger partial charge < -0.3 is 4.42 Å². The summed E-state index contributed by atoms with van der Waals surface area (Å²) in [6.07, 6.45) is 0. The van der Waals surface area contributed by atoms with E-state index in [9.17, 15) is 0 Å². The molecule has 2 heteroatoms. The Labute approximate surface area is 302 Å². The van der Waals surface area contributed by atoms with E-state index in [1.54, 1.807) is 0 Å². The van der Waals surface area contributed by atoms with Crippen LogP contribution in [0.2, 0.25) is 0 Å². The van der Waals surface area contributed by atoms with E-state index in [0.717, 1.165) is 21.9 Å². The smallest absolute Gasteiger partial charge is 0.135 e. The van der Waals surface area contributed by atoms with Crippen LogP contribution in [-0.4, -0.2) is 0 Å². The van der Waals surface area contributed by atoms with Crippen LogP contribution in [0.1, 0.15) is 0 Å². The van der Waals surface area contributed by atoms with Crippen molar-refractivity contribution < 1.29 is 4.42 Å². The van der Waals surface area contributed by atoms with Crippen LogP contribution in [0.25, 0.3) is 118 Å². The first kappa shape index (κ1) is 28.2. The van der Waals surface area contributed by atoms with Crippen molar-refractivity contribution in [3.8, 4) is 22.3 Å². The highest BCUT2D eigenvalue weighted by atomic mass is 32.1. The molecule has 0 saturated carbocycles. The second kappa shape index (κ2) is 10.5. The molecular formula is C50H28OS. The van der Waals surface area contributed by atoms with Gasteiger partial charge in [0.05, 0.1) is 0 Å². The third-order valence-corrected chi connectivity index (χ3v) is 12.3. The van der Waals surface area contributed by atoms with E-state index >= 15 is 0 Å². The minimum absolute atomic E-state index is 0.905. The molecular weight excluding hydrogens is 649 g/mol. The van der Waals surface area contributed by atoms with Crippen LogP contribution in [0.5, 0.6) is 0 Å². The highest BCUT2D eigenvalue weighted by Crippen LogP contribution is 2.46. The predicted molar refractivity (Wildman–Crippen MR) is 225 cm³/mol. The van der Waals surface area contributed by atoms with Gasteiger partial charge in [-0.3, -0.25) is 0 Å². The normalized spacial score (nSPS) is 12.2. The van der Waals surface area contributed by atoms with E-state index in [1.165, 1.54) is 96.3 Å². The zero-order valence-electron chi connectivity index (χ0n) is 28.0. The Bertz CT molecular complexity index is 3400. The maximum Gasteiger partial charge on any atom is 0.135 e. The van der Waals surface area contributed by atoms with Crippen molar-refractivity contribution in [3.05, 3.63) is 170 Å².